The summed E-state index contributed by atoms with van der Waals surface area (Å²) in [4.78, 5) is 0. The van der Waals surface area contributed by atoms with E-state index >= 15 is 0 Å². The predicted molar refractivity (Wildman–Crippen MR) is 80.0 cm³/mol. The zero-order chi connectivity index (χ0) is 14.1. The van der Waals surface area contributed by atoms with Crippen molar-refractivity contribution in [3.8, 4) is 0 Å². The Morgan fingerprint density at radius 3 is 2.28 bits per heavy atom. The Kier molecular flexibility index (Phi) is 7.93. The monoisotopic (exact) mass is 249 g/mol. The molecule has 18 heavy (non-hydrogen) atoms. The van der Waals surface area contributed by atoms with Crippen molar-refractivity contribution in [2.45, 2.75) is 40.0 Å². The molecular weight excluding hydrogens is 222 g/mol. The van der Waals surface area contributed by atoms with Gasteiger partial charge in [-0.05, 0) is 51.5 Å². The van der Waals surface area contributed by atoms with Crippen molar-refractivity contribution in [2.75, 3.05) is 6.61 Å². The van der Waals surface area contributed by atoms with Crippen LogP contribution in [0.2, 0.25) is 0 Å². The van der Waals surface area contributed by atoms with Gasteiger partial charge in [0.15, 0.2) is 0 Å². The van der Waals surface area contributed by atoms with Crippen LogP contribution < -0.4 is 5.73 Å². The highest BCUT2D eigenvalue weighted by molar-refractivity contribution is 5.30. The third-order valence-electron chi connectivity index (χ3n) is 3.17. The van der Waals surface area contributed by atoms with Crippen molar-refractivity contribution in [1.29, 1.82) is 0 Å². The van der Waals surface area contributed by atoms with Gasteiger partial charge in [0.05, 0.1) is 12.4 Å². The smallest absolute Gasteiger partial charge is 0.0876 e. The van der Waals surface area contributed by atoms with Gasteiger partial charge in [0.25, 0.3) is 0 Å². The van der Waals surface area contributed by atoms with Gasteiger partial charge in [-0.15, -0.1) is 6.58 Å². The van der Waals surface area contributed by atoms with Crippen LogP contribution >= 0.6 is 0 Å². The van der Waals surface area contributed by atoms with E-state index in [1.807, 2.05) is 19.9 Å². The summed E-state index contributed by atoms with van der Waals surface area (Å²) in [6.45, 7) is 18.1. The molecule has 0 saturated heterocycles. The molecule has 0 radical (unpaired) electrons. The first kappa shape index (κ1) is 16.6. The number of unbranched alkanes of at least 4 members (excludes halogenated alkanes) is 1. The third-order valence-corrected chi connectivity index (χ3v) is 3.17. The lowest BCUT2D eigenvalue weighted by Crippen LogP contribution is -2.06. The molecular formula is C16H27NO. The molecule has 0 spiro atoms. The molecule has 0 saturated carbocycles. The molecule has 0 heterocycles. The average molecular weight is 249 g/mol. The maximum Gasteiger partial charge on any atom is 0.0876 e. The SMILES string of the molecule is C=CC(CCCCOC(=C)C)/C(C)=C(\C)C(=C)N. The Morgan fingerprint density at radius 1 is 1.22 bits per heavy atom. The van der Waals surface area contributed by atoms with Gasteiger partial charge < -0.3 is 10.5 Å². The molecule has 0 aliphatic carbocycles. The molecule has 0 fully saturated rings. The molecule has 0 rings (SSSR count). The molecule has 0 aliphatic heterocycles. The molecule has 0 aromatic heterocycles. The molecule has 0 bridgehead atoms. The fourth-order valence-corrected chi connectivity index (χ4v) is 1.76. The van der Waals surface area contributed by atoms with Gasteiger partial charge in [-0.3, -0.25) is 0 Å². The zero-order valence-corrected chi connectivity index (χ0v) is 12.1. The number of allylic oxidation sites excluding steroid dienone is 4. The number of hydrogen-bond donors (Lipinski definition) is 1. The lowest BCUT2D eigenvalue weighted by molar-refractivity contribution is 0.208. The van der Waals surface area contributed by atoms with Gasteiger partial charge in [-0.1, -0.05) is 24.8 Å². The Balaban J connectivity index is 4.20. The molecule has 2 nitrogen and oxygen atoms in total. The van der Waals surface area contributed by atoms with E-state index in [4.69, 9.17) is 10.5 Å². The quantitative estimate of drug-likeness (QED) is 0.286. The van der Waals surface area contributed by atoms with E-state index in [1.165, 1.54) is 5.57 Å². The lowest BCUT2D eigenvalue weighted by atomic mass is 9.90. The topological polar surface area (TPSA) is 35.2 Å². The van der Waals surface area contributed by atoms with E-state index in [1.54, 1.807) is 0 Å². The van der Waals surface area contributed by atoms with Gasteiger partial charge >= 0.3 is 0 Å². The second kappa shape index (κ2) is 8.62. The van der Waals surface area contributed by atoms with Crippen LogP contribution in [0.4, 0.5) is 0 Å². The summed E-state index contributed by atoms with van der Waals surface area (Å²) in [6, 6.07) is 0. The molecule has 102 valence electrons. The van der Waals surface area contributed by atoms with Crippen LogP contribution in [0.25, 0.3) is 0 Å². The van der Waals surface area contributed by atoms with Gasteiger partial charge in [0.2, 0.25) is 0 Å². The lowest BCUT2D eigenvalue weighted by Gasteiger charge is -2.16. The number of hydrogen-bond acceptors (Lipinski definition) is 2. The van der Waals surface area contributed by atoms with Crippen LogP contribution in [-0.2, 0) is 4.74 Å². The minimum absolute atomic E-state index is 0.370. The second-order valence-corrected chi connectivity index (χ2v) is 4.72. The minimum Gasteiger partial charge on any atom is -0.499 e. The zero-order valence-electron chi connectivity index (χ0n) is 12.1. The van der Waals surface area contributed by atoms with Crippen molar-refractivity contribution in [1.82, 2.24) is 0 Å². The summed E-state index contributed by atoms with van der Waals surface area (Å²) in [5.74, 6) is 1.15. The van der Waals surface area contributed by atoms with Gasteiger partial charge in [-0.25, -0.2) is 0 Å². The maximum absolute atomic E-state index is 5.72. The standard InChI is InChI=1S/C16H27NO/c1-7-16(14(5)13(4)15(6)17)10-8-9-11-18-12(2)3/h7,16H,1-2,6,8-11,17H2,3-5H3/b14-13+. The highest BCUT2D eigenvalue weighted by atomic mass is 16.5. The van der Waals surface area contributed by atoms with Gasteiger partial charge in [0.1, 0.15) is 0 Å². The van der Waals surface area contributed by atoms with Crippen LogP contribution in [0, 0.1) is 5.92 Å². The molecule has 2 heteroatoms. The summed E-state index contributed by atoms with van der Waals surface area (Å²) >= 11 is 0. The van der Waals surface area contributed by atoms with Crippen LogP contribution in [0.15, 0.2) is 48.4 Å². The van der Waals surface area contributed by atoms with Crippen molar-refractivity contribution in [3.05, 3.63) is 48.4 Å². The van der Waals surface area contributed by atoms with Crippen LogP contribution in [0.3, 0.4) is 0 Å². The van der Waals surface area contributed by atoms with E-state index in [2.05, 4.69) is 26.7 Å². The molecule has 1 unspecified atom stereocenters. The molecule has 0 aromatic rings. The van der Waals surface area contributed by atoms with Crippen molar-refractivity contribution in [2.24, 2.45) is 11.7 Å². The van der Waals surface area contributed by atoms with E-state index in [9.17, 15) is 0 Å². The van der Waals surface area contributed by atoms with Crippen LogP contribution in [0.5, 0.6) is 0 Å². The fourth-order valence-electron chi connectivity index (χ4n) is 1.76. The van der Waals surface area contributed by atoms with E-state index in [-0.39, 0.29) is 0 Å². The van der Waals surface area contributed by atoms with Crippen LogP contribution in [0.1, 0.15) is 40.0 Å². The largest absolute Gasteiger partial charge is 0.499 e. The van der Waals surface area contributed by atoms with E-state index < -0.39 is 0 Å². The molecule has 2 N–H and O–H groups in total. The molecule has 0 aliphatic rings. The Morgan fingerprint density at radius 2 is 1.83 bits per heavy atom. The van der Waals surface area contributed by atoms with Crippen molar-refractivity contribution < 1.29 is 4.74 Å². The summed E-state index contributed by atoms with van der Waals surface area (Å²) in [5, 5.41) is 0. The molecule has 0 aromatic carbocycles. The van der Waals surface area contributed by atoms with E-state index in [0.717, 1.165) is 37.2 Å². The fraction of sp³-hybridized carbons (Fsp3) is 0.500. The third kappa shape index (κ3) is 6.33. The summed E-state index contributed by atoms with van der Waals surface area (Å²) in [7, 11) is 0. The highest BCUT2D eigenvalue weighted by Crippen LogP contribution is 2.23. The molecule has 1 atom stereocenters. The van der Waals surface area contributed by atoms with Crippen molar-refractivity contribution in [3.63, 3.8) is 0 Å². The summed E-state index contributed by atoms with van der Waals surface area (Å²) in [5.41, 5.74) is 8.71. The Bertz CT molecular complexity index is 339. The first-order valence-corrected chi connectivity index (χ1v) is 6.43. The van der Waals surface area contributed by atoms with Gasteiger partial charge in [0, 0.05) is 5.70 Å². The summed E-state index contributed by atoms with van der Waals surface area (Å²) < 4.78 is 5.34. The van der Waals surface area contributed by atoms with E-state index in [0.29, 0.717) is 11.6 Å². The normalized spacial score (nSPS) is 13.5. The second-order valence-electron chi connectivity index (χ2n) is 4.72. The van der Waals surface area contributed by atoms with Gasteiger partial charge in [-0.2, -0.15) is 0 Å². The number of nitrogens with two attached hydrogens (primary N) is 1. The summed E-state index contributed by atoms with van der Waals surface area (Å²) in [6.07, 6.45) is 5.19. The minimum atomic E-state index is 0.370. The number of ether oxygens (including phenoxy) is 1. The van der Waals surface area contributed by atoms with Crippen molar-refractivity contribution >= 4 is 0 Å². The average Bonchev–Trinajstić information content (AvgIpc) is 2.31. The molecule has 0 amide bonds. The predicted octanol–water partition coefficient (Wildman–Crippen LogP) is 4.32. The first-order valence-electron chi connectivity index (χ1n) is 6.43. The Hall–Kier alpha value is -1.44. The highest BCUT2D eigenvalue weighted by Gasteiger charge is 2.09. The maximum atomic E-state index is 5.72. The first-order chi connectivity index (χ1) is 8.40. The van der Waals surface area contributed by atoms with Crippen LogP contribution in [-0.4, -0.2) is 6.61 Å². The number of rotatable bonds is 9. The Labute approximate surface area is 112 Å².